The van der Waals surface area contributed by atoms with E-state index in [9.17, 15) is 13.9 Å². The van der Waals surface area contributed by atoms with E-state index in [-0.39, 0.29) is 22.7 Å². The highest BCUT2D eigenvalue weighted by atomic mass is 79.9. The number of ether oxygens (including phenoxy) is 1. The van der Waals surface area contributed by atoms with Crippen LogP contribution in [0.1, 0.15) is 11.3 Å². The van der Waals surface area contributed by atoms with Crippen LogP contribution in [0.15, 0.2) is 28.7 Å². The number of hydrogen-bond acceptors (Lipinski definition) is 3. The van der Waals surface area contributed by atoms with Crippen LogP contribution in [0.4, 0.5) is 8.78 Å². The van der Waals surface area contributed by atoms with Crippen LogP contribution in [-0.2, 0) is 9.31 Å². The Morgan fingerprint density at radius 2 is 2.21 bits per heavy atom. The number of rotatable bonds is 1. The summed E-state index contributed by atoms with van der Waals surface area (Å²) < 4.78 is 36.4. The van der Waals surface area contributed by atoms with Crippen molar-refractivity contribution in [2.45, 2.75) is 10.7 Å². The summed E-state index contributed by atoms with van der Waals surface area (Å²) in [6.45, 7) is 0. The molecular weight excluding hydrogens is 322 g/mol. The largest absolute Gasteiger partial charge is 0.507 e. The van der Waals surface area contributed by atoms with Crippen molar-refractivity contribution in [2.24, 2.45) is 0 Å². The molecule has 6 heteroatoms. The van der Waals surface area contributed by atoms with Gasteiger partial charge in [-0.1, -0.05) is 12.1 Å². The lowest BCUT2D eigenvalue weighted by Crippen LogP contribution is -2.32. The maximum Gasteiger partial charge on any atom is 0.252 e. The molecule has 2 unspecified atom stereocenters. The minimum absolute atomic E-state index is 0.0920. The van der Waals surface area contributed by atoms with E-state index < -0.39 is 16.5 Å². The molecule has 0 fully saturated rings. The molecule has 100 valence electrons. The fourth-order valence-electron chi connectivity index (χ4n) is 2.25. The maximum absolute atomic E-state index is 14.7. The first kappa shape index (κ1) is 12.6. The molecule has 0 saturated heterocycles. The van der Waals surface area contributed by atoms with Crippen LogP contribution < -0.4 is 0 Å². The molecule has 1 aliphatic carbocycles. The van der Waals surface area contributed by atoms with Gasteiger partial charge in [0.1, 0.15) is 11.9 Å². The topological polar surface area (TPSA) is 42.6 Å². The highest BCUT2D eigenvalue weighted by Crippen LogP contribution is 2.49. The third kappa shape index (κ3) is 1.63. The number of alkyl halides is 2. The van der Waals surface area contributed by atoms with E-state index in [0.29, 0.717) is 5.39 Å². The minimum atomic E-state index is -2.16. The van der Waals surface area contributed by atoms with Crippen LogP contribution in [0.2, 0.25) is 0 Å². The Balaban J connectivity index is 2.38. The van der Waals surface area contributed by atoms with Gasteiger partial charge in [-0.15, -0.1) is 0 Å². The van der Waals surface area contributed by atoms with Gasteiger partial charge in [0.15, 0.2) is 17.2 Å². The molecule has 1 aromatic heterocycles. The first-order chi connectivity index (χ1) is 8.96. The lowest BCUT2D eigenvalue weighted by Gasteiger charge is -2.27. The molecule has 1 heterocycles. The van der Waals surface area contributed by atoms with Gasteiger partial charge in [-0.05, 0) is 28.1 Å². The second-order valence-electron chi connectivity index (χ2n) is 4.25. The van der Waals surface area contributed by atoms with E-state index in [0.717, 1.165) is 0 Å². The average molecular weight is 331 g/mol. The number of hydrogen-bond donors (Lipinski definition) is 1. The highest BCUT2D eigenvalue weighted by Gasteiger charge is 2.47. The molecule has 0 aliphatic heterocycles. The SMILES string of the molecule is COC1C=C(O)c2c(oc3c(F)cccc23)C1(F)Br. The van der Waals surface area contributed by atoms with Gasteiger partial charge in [-0.3, -0.25) is 0 Å². The van der Waals surface area contributed by atoms with Gasteiger partial charge >= 0.3 is 0 Å². The Bertz CT molecular complexity index is 690. The lowest BCUT2D eigenvalue weighted by molar-refractivity contribution is 0.0359. The Kier molecular flexibility index (Phi) is 2.69. The number of benzene rings is 1. The fourth-order valence-corrected chi connectivity index (χ4v) is 2.85. The second kappa shape index (κ2) is 4.05. The van der Waals surface area contributed by atoms with E-state index in [2.05, 4.69) is 15.9 Å². The Labute approximate surface area is 115 Å². The van der Waals surface area contributed by atoms with E-state index in [1.54, 1.807) is 6.07 Å². The normalized spacial score (nSPS) is 26.3. The lowest BCUT2D eigenvalue weighted by atomic mass is 9.97. The van der Waals surface area contributed by atoms with Crippen LogP contribution in [-0.4, -0.2) is 18.3 Å². The number of aliphatic hydroxyl groups is 1. The smallest absolute Gasteiger partial charge is 0.252 e. The van der Waals surface area contributed by atoms with Crippen LogP contribution in [0, 0.1) is 5.82 Å². The zero-order chi connectivity index (χ0) is 13.8. The van der Waals surface area contributed by atoms with Crippen molar-refractivity contribution >= 4 is 32.7 Å². The zero-order valence-electron chi connectivity index (χ0n) is 9.78. The zero-order valence-corrected chi connectivity index (χ0v) is 11.4. The number of methoxy groups -OCH3 is 1. The monoisotopic (exact) mass is 330 g/mol. The Hall–Kier alpha value is -1.40. The summed E-state index contributed by atoms with van der Waals surface area (Å²) in [6, 6.07) is 4.23. The summed E-state index contributed by atoms with van der Waals surface area (Å²) in [5.41, 5.74) is 0.0489. The van der Waals surface area contributed by atoms with Crippen molar-refractivity contribution in [3.63, 3.8) is 0 Å². The van der Waals surface area contributed by atoms with E-state index in [4.69, 9.17) is 9.15 Å². The third-order valence-electron chi connectivity index (χ3n) is 3.15. The van der Waals surface area contributed by atoms with Crippen LogP contribution in [0.25, 0.3) is 16.7 Å². The van der Waals surface area contributed by atoms with Gasteiger partial charge in [0.25, 0.3) is 4.58 Å². The summed E-state index contributed by atoms with van der Waals surface area (Å²) in [5.74, 6) is -1.00. The second-order valence-corrected chi connectivity index (χ2v) is 5.41. The molecule has 0 bridgehead atoms. The van der Waals surface area contributed by atoms with Crippen LogP contribution in [0.5, 0.6) is 0 Å². The van der Waals surface area contributed by atoms with Gasteiger partial charge < -0.3 is 14.3 Å². The molecule has 3 rings (SSSR count). The van der Waals surface area contributed by atoms with Crippen molar-refractivity contribution in [1.29, 1.82) is 0 Å². The van der Waals surface area contributed by atoms with Crippen molar-refractivity contribution in [3.8, 4) is 0 Å². The molecule has 0 saturated carbocycles. The quantitative estimate of drug-likeness (QED) is 0.803. The van der Waals surface area contributed by atoms with Crippen molar-refractivity contribution in [1.82, 2.24) is 0 Å². The number of fused-ring (bicyclic) bond motifs is 3. The molecule has 19 heavy (non-hydrogen) atoms. The molecular formula is C13H9BrF2O3. The average Bonchev–Trinajstić information content (AvgIpc) is 2.76. The Morgan fingerprint density at radius 1 is 1.47 bits per heavy atom. The molecule has 0 spiro atoms. The van der Waals surface area contributed by atoms with Crippen LogP contribution >= 0.6 is 15.9 Å². The summed E-state index contributed by atoms with van der Waals surface area (Å²) >= 11 is 2.88. The van der Waals surface area contributed by atoms with Crippen molar-refractivity contribution in [2.75, 3.05) is 7.11 Å². The predicted octanol–water partition coefficient (Wildman–Crippen LogP) is 4.02. The molecule has 2 atom stereocenters. The first-order valence-electron chi connectivity index (χ1n) is 5.50. The minimum Gasteiger partial charge on any atom is -0.507 e. The number of aliphatic hydroxyl groups excluding tert-OH is 1. The van der Waals surface area contributed by atoms with E-state index in [1.165, 1.54) is 25.3 Å². The maximum atomic E-state index is 14.7. The summed E-state index contributed by atoms with van der Waals surface area (Å²) in [5, 5.41) is 10.3. The third-order valence-corrected chi connectivity index (χ3v) is 3.96. The molecule has 2 aromatic rings. The van der Waals surface area contributed by atoms with Crippen molar-refractivity contribution < 1.29 is 23.0 Å². The standard InChI is InChI=1S/C13H9BrF2O3/c1-18-9-5-8(17)10-6-3-2-4-7(15)11(6)19-12(10)13(9,14)16/h2-5,9,17H,1H3. The van der Waals surface area contributed by atoms with Gasteiger partial charge in [0, 0.05) is 12.5 Å². The molecule has 1 aromatic carbocycles. The predicted molar refractivity (Wildman–Crippen MR) is 69.3 cm³/mol. The van der Waals surface area contributed by atoms with Gasteiger partial charge in [0.05, 0.1) is 5.56 Å². The number of halogens is 3. The Morgan fingerprint density at radius 3 is 2.89 bits per heavy atom. The van der Waals surface area contributed by atoms with Gasteiger partial charge in [-0.2, -0.15) is 0 Å². The first-order valence-corrected chi connectivity index (χ1v) is 6.29. The summed E-state index contributed by atoms with van der Waals surface area (Å²) in [4.78, 5) is 0. The van der Waals surface area contributed by atoms with Crippen LogP contribution in [0.3, 0.4) is 0 Å². The van der Waals surface area contributed by atoms with Gasteiger partial charge in [-0.25, -0.2) is 8.78 Å². The summed E-state index contributed by atoms with van der Waals surface area (Å²) in [6.07, 6.45) is 0.153. The van der Waals surface area contributed by atoms with E-state index >= 15 is 0 Å². The molecule has 0 amide bonds. The molecule has 1 N–H and O–H groups in total. The molecule has 3 nitrogen and oxygen atoms in total. The molecule has 0 radical (unpaired) electrons. The fraction of sp³-hybridized carbons (Fsp3) is 0.231. The van der Waals surface area contributed by atoms with E-state index in [1.807, 2.05) is 0 Å². The number of furan rings is 1. The van der Waals surface area contributed by atoms with Gasteiger partial charge in [0.2, 0.25) is 0 Å². The number of para-hydroxylation sites is 1. The molecule has 1 aliphatic rings. The van der Waals surface area contributed by atoms with Crippen molar-refractivity contribution in [3.05, 3.63) is 41.4 Å². The highest BCUT2D eigenvalue weighted by molar-refractivity contribution is 9.09. The summed E-state index contributed by atoms with van der Waals surface area (Å²) in [7, 11) is 1.30.